The van der Waals surface area contributed by atoms with E-state index in [1.165, 1.54) is 22.3 Å². The summed E-state index contributed by atoms with van der Waals surface area (Å²) in [6.45, 7) is 24.6. The third-order valence-corrected chi connectivity index (χ3v) is 36.7. The van der Waals surface area contributed by atoms with Crippen LogP contribution in [-0.4, -0.2) is 90.8 Å². The van der Waals surface area contributed by atoms with Gasteiger partial charge in [0, 0.05) is 63.4 Å². The van der Waals surface area contributed by atoms with E-state index >= 15 is 0 Å². The molecule has 4 N–H and O–H groups in total. The fourth-order valence-corrected chi connectivity index (χ4v) is 33.6. The van der Waals surface area contributed by atoms with Crippen molar-refractivity contribution in [1.29, 1.82) is 0 Å². The van der Waals surface area contributed by atoms with E-state index in [2.05, 4.69) is 150 Å². The van der Waals surface area contributed by atoms with E-state index in [9.17, 15) is 0 Å². The van der Waals surface area contributed by atoms with Crippen LogP contribution < -0.4 is 5.73 Å². The number of nitrogens with one attached hydrogen (secondary N) is 2. The first-order valence-electron chi connectivity index (χ1n) is 45.3. The minimum Gasteiger partial charge on any atom is -0.378 e. The Labute approximate surface area is 694 Å². The van der Waals surface area contributed by atoms with Crippen LogP contribution in [0.15, 0.2) is 72.8 Å². The molecule has 2 spiro atoms. The molecule has 1 saturated heterocycles. The van der Waals surface area contributed by atoms with Gasteiger partial charge in [-0.05, 0) is 376 Å². The lowest BCUT2D eigenvalue weighted by molar-refractivity contribution is 0.0383. The number of aromatic nitrogens is 8. The summed E-state index contributed by atoms with van der Waals surface area (Å²) >= 11 is 0. The highest BCUT2D eigenvalue weighted by atomic mass is 16.5. The number of hydrogen-bond donors (Lipinski definition) is 3. The first-order valence-corrected chi connectivity index (χ1v) is 45.3. The standard InChI is InChI=1S/C112H58N10O2/c1-108(2,3)30-11-15-34-38(25-30)106-117-101(34)115-104-37-24-29(10-14-33(37)100(114-104)116-105-39-26-31(109(4,5)6)12-16-35(39)102(118-105)120-107-40-27-32(110(7,8)9)13-17-36(40)103(119-106)121-107)99-112-97-91-85-75-63-55-47-43-41-42-45-49(47)57(63)67-61-53(45)54-46(42)50-48-44(41)52-51(43)59-65(55)73-79-69(59)70-60(52)66-56(48)64-58(50)68-62(54)72-71(61)83(77(67)85)93(97)94-84(72)78(68)86-76(64)82-74(66)80(70)88-87(79)95(89(91)81(73)75)111(112,96(88)90(82)92(86)98(94)112)28-122(99)19-21-124-23-22-123-20-18-113/h10-17,24-27,99H,18-23,28,113H2,1-9H3,(H2,114,115,116,117,118,119,120,121). The monoisotopic (exact) mass is 1570 g/mol. The lowest BCUT2D eigenvalue weighted by Crippen LogP contribution is -2.51. The van der Waals surface area contributed by atoms with Gasteiger partial charge in [-0.15, -0.1) is 0 Å². The zero-order valence-corrected chi connectivity index (χ0v) is 68.5. The molecule has 6 heterocycles. The molecule has 35 aromatic rings. The first kappa shape index (κ1) is 58.5. The van der Waals surface area contributed by atoms with Crippen LogP contribution in [0.1, 0.15) is 113 Å². The molecule has 32 aromatic carbocycles. The van der Waals surface area contributed by atoms with E-state index in [1.54, 1.807) is 313 Å². The summed E-state index contributed by atoms with van der Waals surface area (Å²) in [6.07, 6.45) is 0. The normalized spacial score (nSPS) is 19.4. The number of likely N-dealkylation sites (tertiary alicyclic amines) is 1. The fourth-order valence-electron chi connectivity index (χ4n) is 33.6. The highest BCUT2D eigenvalue weighted by molar-refractivity contribution is 6.82. The molecule has 0 radical (unpaired) electrons. The minimum absolute atomic E-state index is 0.134. The number of nitrogens with two attached hydrogens (primary N) is 1. The Bertz CT molecular complexity index is 11000. The molecule has 7 aliphatic rings. The van der Waals surface area contributed by atoms with Crippen molar-refractivity contribution in [3.8, 4) is 45.6 Å². The molecule has 1 unspecified atom stereocenters. The second kappa shape index (κ2) is 15.8. The van der Waals surface area contributed by atoms with Gasteiger partial charge in [0.1, 0.15) is 22.6 Å². The average Bonchev–Trinajstić information content (AvgIpc) is 1.38. The molecule has 12 heteroatoms. The second-order valence-corrected chi connectivity index (χ2v) is 43.8. The summed E-state index contributed by atoms with van der Waals surface area (Å²) in [5.41, 5.74) is 22.4. The van der Waals surface area contributed by atoms with E-state index in [0.717, 1.165) is 50.3 Å². The van der Waals surface area contributed by atoms with Gasteiger partial charge in [0.15, 0.2) is 23.3 Å². The van der Waals surface area contributed by atoms with Crippen LogP contribution >= 0.6 is 0 Å². The predicted molar refractivity (Wildman–Crippen MR) is 511 cm³/mol. The Morgan fingerprint density at radius 3 is 0.903 bits per heavy atom. The Kier molecular flexibility index (Phi) is 7.47. The van der Waals surface area contributed by atoms with E-state index in [4.69, 9.17) is 45.1 Å². The number of ether oxygens (including phenoxy) is 2. The molecule has 42 rings (SSSR count). The molecule has 0 amide bonds. The minimum atomic E-state index is -0.676. The maximum absolute atomic E-state index is 7.08. The van der Waals surface area contributed by atoms with Crippen molar-refractivity contribution < 1.29 is 9.47 Å². The lowest BCUT2D eigenvalue weighted by Gasteiger charge is -2.52. The summed E-state index contributed by atoms with van der Waals surface area (Å²) in [4.78, 5) is 45.6. The maximum Gasteiger partial charge on any atom is 0.164 e. The molecule has 12 nitrogen and oxygen atoms in total. The van der Waals surface area contributed by atoms with Crippen LogP contribution in [-0.2, 0) is 36.5 Å². The van der Waals surface area contributed by atoms with Gasteiger partial charge in [0.25, 0.3) is 0 Å². The summed E-state index contributed by atoms with van der Waals surface area (Å²) in [5, 5.41) is 90.1. The number of aromatic amines is 2. The van der Waals surface area contributed by atoms with Gasteiger partial charge in [-0.2, -0.15) is 0 Å². The van der Waals surface area contributed by atoms with Gasteiger partial charge >= 0.3 is 0 Å². The van der Waals surface area contributed by atoms with Crippen LogP contribution in [0.5, 0.6) is 0 Å². The molecular formula is C112H58N10O2. The summed E-state index contributed by atoms with van der Waals surface area (Å²) < 4.78 is 13.2. The molecule has 1 fully saturated rings. The second-order valence-electron chi connectivity index (χ2n) is 43.8. The zero-order chi connectivity index (χ0) is 79.2. The van der Waals surface area contributed by atoms with Crippen molar-refractivity contribution in [2.75, 3.05) is 46.1 Å². The predicted octanol–water partition coefficient (Wildman–Crippen LogP) is 26.4. The van der Waals surface area contributed by atoms with Crippen molar-refractivity contribution in [3.05, 3.63) is 117 Å². The molecule has 8 bridgehead atoms. The van der Waals surface area contributed by atoms with Crippen LogP contribution in [0.3, 0.4) is 0 Å². The van der Waals surface area contributed by atoms with Gasteiger partial charge in [-0.1, -0.05) is 111 Å². The maximum atomic E-state index is 7.08. The van der Waals surface area contributed by atoms with Crippen LogP contribution in [0.25, 0.3) is 381 Å². The van der Waals surface area contributed by atoms with Crippen molar-refractivity contribution in [3.63, 3.8) is 0 Å². The SMILES string of the molecule is CC(C)(C)c1ccc2c(c1)-c1nc-2nc2[nH]c(nc3nc(nc4[nH]c(n1)c1ccc(C(C)(C)C)cc41)-c1ccc(C4N(CCOCCOCCN)CC56c7c8c9c%10c%11c%12c(c%13c%14c5c5c7c7c%15c8c8c9c9c%11c%11c%16c%12c%12c%13c%13c%14c%14c5c5c7c7c%15c%15c8c8c9c%11c9c%11c%16c%12c%12c%13c%13c%14c5c5c7c7c%15c8c9c8c%11c%12c%13c5c78)C%1046)cc1-3)c1ccc(C(C)(C)C)cc21. The third-order valence-electron chi connectivity index (χ3n) is 36.7. The number of benzene rings is 22. The van der Waals surface area contributed by atoms with E-state index in [1.807, 2.05) is 0 Å². The Balaban J connectivity index is 0.685. The smallest absolute Gasteiger partial charge is 0.164 e. The third kappa shape index (κ3) is 4.61. The molecule has 568 valence electrons. The van der Waals surface area contributed by atoms with Crippen LogP contribution in [0, 0.1) is 0 Å². The van der Waals surface area contributed by atoms with Crippen LogP contribution in [0.2, 0.25) is 0 Å². The highest BCUT2D eigenvalue weighted by Crippen LogP contribution is 2.87. The molecule has 3 aromatic heterocycles. The van der Waals surface area contributed by atoms with Crippen molar-refractivity contribution in [2.45, 2.75) is 95.4 Å². The Hall–Kier alpha value is -13.5. The highest BCUT2D eigenvalue weighted by Gasteiger charge is 2.76. The van der Waals surface area contributed by atoms with Gasteiger partial charge in [0.2, 0.25) is 0 Å². The first-order chi connectivity index (χ1) is 60.5. The molecule has 124 heavy (non-hydrogen) atoms. The summed E-state index contributed by atoms with van der Waals surface area (Å²) in [7, 11) is 0. The van der Waals surface area contributed by atoms with Crippen molar-refractivity contribution in [2.24, 2.45) is 5.73 Å². The molecule has 3 aliphatic heterocycles. The molecule has 4 aliphatic carbocycles. The van der Waals surface area contributed by atoms with E-state index in [0.29, 0.717) is 85.4 Å². The lowest BCUT2D eigenvalue weighted by atomic mass is 9.47. The number of fused-ring (bicyclic) bond motifs is 20. The topological polar surface area (TPSA) is 157 Å². The van der Waals surface area contributed by atoms with Crippen molar-refractivity contribution in [1.82, 2.24) is 44.8 Å². The number of rotatable bonds is 9. The number of hydrogen-bond acceptors (Lipinski definition) is 10. The number of H-pyrrole nitrogens is 2. The Morgan fingerprint density at radius 2 is 0.573 bits per heavy atom. The quantitative estimate of drug-likeness (QED) is 0.0939. The van der Waals surface area contributed by atoms with Crippen molar-refractivity contribution >= 4 is 335 Å². The van der Waals surface area contributed by atoms with Gasteiger partial charge in [-0.3, -0.25) is 4.90 Å². The van der Waals surface area contributed by atoms with Gasteiger partial charge in [-0.25, -0.2) is 29.9 Å². The zero-order valence-electron chi connectivity index (χ0n) is 68.5. The number of nitrogens with zero attached hydrogens (tertiary/aromatic N) is 7. The molecular weight excluding hydrogens is 1520 g/mol. The summed E-state index contributed by atoms with van der Waals surface area (Å²) in [6, 6.07) is 27.8. The summed E-state index contributed by atoms with van der Waals surface area (Å²) in [5.74, 6) is 2.42. The van der Waals surface area contributed by atoms with Gasteiger partial charge < -0.3 is 25.2 Å². The van der Waals surface area contributed by atoms with Crippen LogP contribution in [0.4, 0.5) is 0 Å². The molecule has 1 atom stereocenters. The fraction of sp³-hybridized carbons (Fsp3) is 0.196. The average molecular weight is 1580 g/mol. The molecule has 0 saturated carbocycles. The largest absolute Gasteiger partial charge is 0.378 e. The van der Waals surface area contributed by atoms with Gasteiger partial charge in [0.05, 0.1) is 43.3 Å². The van der Waals surface area contributed by atoms with E-state index < -0.39 is 10.8 Å². The Morgan fingerprint density at radius 1 is 0.298 bits per heavy atom. The van der Waals surface area contributed by atoms with E-state index in [-0.39, 0.29) is 22.3 Å².